The second-order valence-corrected chi connectivity index (χ2v) is 6.36. The summed E-state index contributed by atoms with van der Waals surface area (Å²) < 4.78 is 0.805. The fourth-order valence-electron chi connectivity index (χ4n) is 2.53. The lowest BCUT2D eigenvalue weighted by Gasteiger charge is -2.21. The fourth-order valence-corrected chi connectivity index (χ4v) is 3.02. The predicted octanol–water partition coefficient (Wildman–Crippen LogP) is 4.80. The van der Waals surface area contributed by atoms with Gasteiger partial charge in [-0.05, 0) is 34.3 Å². The maximum Gasteiger partial charge on any atom is 0.224 e. The summed E-state index contributed by atoms with van der Waals surface area (Å²) in [5.41, 5.74) is 0.574. The molecule has 1 aliphatic rings. The molecule has 5 heteroatoms. The molecule has 19 heavy (non-hydrogen) atoms. The Morgan fingerprint density at radius 2 is 2.16 bits per heavy atom. The number of amides is 1. The Bertz CT molecular complexity index is 447. The number of nitrogens with zero attached hydrogens (tertiary/aromatic N) is 1. The molecule has 1 fully saturated rings. The topological polar surface area (TPSA) is 42.0 Å². The van der Waals surface area contributed by atoms with Gasteiger partial charge in [-0.2, -0.15) is 0 Å². The van der Waals surface area contributed by atoms with Crippen molar-refractivity contribution in [2.75, 3.05) is 5.32 Å². The van der Waals surface area contributed by atoms with E-state index < -0.39 is 0 Å². The lowest BCUT2D eigenvalue weighted by atomic mass is 9.86. The molecule has 1 heterocycles. The summed E-state index contributed by atoms with van der Waals surface area (Å²) in [6.45, 7) is 0. The van der Waals surface area contributed by atoms with Gasteiger partial charge in [0.25, 0.3) is 0 Å². The number of hydrogen-bond donors (Lipinski definition) is 1. The maximum absolute atomic E-state index is 11.9. The smallest absolute Gasteiger partial charge is 0.224 e. The standard InChI is InChI=1S/C14H18BrClN2O/c15-11-8-12(14(16)17-9-11)18-13(19)7-6-10-4-2-1-3-5-10/h8-10H,1-7H2,(H,18,19). The Kier molecular flexibility index (Phi) is 5.64. The quantitative estimate of drug-likeness (QED) is 0.797. The minimum absolute atomic E-state index is 0.0207. The van der Waals surface area contributed by atoms with Gasteiger partial charge in [-0.1, -0.05) is 43.7 Å². The van der Waals surface area contributed by atoms with Crippen molar-refractivity contribution in [3.05, 3.63) is 21.9 Å². The minimum Gasteiger partial charge on any atom is -0.323 e. The second kappa shape index (κ2) is 7.25. The van der Waals surface area contributed by atoms with Gasteiger partial charge in [-0.15, -0.1) is 0 Å². The molecule has 0 aromatic carbocycles. The van der Waals surface area contributed by atoms with Crippen LogP contribution in [0.4, 0.5) is 5.69 Å². The normalized spacial score (nSPS) is 16.3. The first-order valence-electron chi connectivity index (χ1n) is 6.76. The van der Waals surface area contributed by atoms with Crippen LogP contribution in [-0.4, -0.2) is 10.9 Å². The zero-order chi connectivity index (χ0) is 13.7. The molecule has 1 saturated carbocycles. The van der Waals surface area contributed by atoms with E-state index in [0.29, 0.717) is 17.3 Å². The number of carbonyl (C=O) groups is 1. The van der Waals surface area contributed by atoms with Gasteiger partial charge in [-0.25, -0.2) is 4.98 Å². The van der Waals surface area contributed by atoms with Crippen LogP contribution in [0, 0.1) is 5.92 Å². The Morgan fingerprint density at radius 3 is 2.89 bits per heavy atom. The van der Waals surface area contributed by atoms with Crippen LogP contribution < -0.4 is 5.32 Å². The predicted molar refractivity (Wildman–Crippen MR) is 81.4 cm³/mol. The SMILES string of the molecule is O=C(CCC1CCCCC1)Nc1cc(Br)cnc1Cl. The van der Waals surface area contributed by atoms with Crippen LogP contribution in [0.2, 0.25) is 5.15 Å². The monoisotopic (exact) mass is 344 g/mol. The summed E-state index contributed by atoms with van der Waals surface area (Å²) in [5.74, 6) is 0.739. The molecule has 0 atom stereocenters. The van der Waals surface area contributed by atoms with E-state index in [1.165, 1.54) is 32.1 Å². The highest BCUT2D eigenvalue weighted by Crippen LogP contribution is 2.28. The fraction of sp³-hybridized carbons (Fsp3) is 0.571. The van der Waals surface area contributed by atoms with Gasteiger partial charge in [0.2, 0.25) is 5.91 Å². The van der Waals surface area contributed by atoms with Gasteiger partial charge in [0.15, 0.2) is 5.15 Å². The van der Waals surface area contributed by atoms with Crippen LogP contribution in [0.3, 0.4) is 0 Å². The lowest BCUT2D eigenvalue weighted by Crippen LogP contribution is -2.15. The average Bonchev–Trinajstić information content (AvgIpc) is 2.42. The van der Waals surface area contributed by atoms with Crippen molar-refractivity contribution in [2.24, 2.45) is 5.92 Å². The number of rotatable bonds is 4. The molecule has 0 radical (unpaired) electrons. The van der Waals surface area contributed by atoms with Crippen molar-refractivity contribution >= 4 is 39.1 Å². The summed E-state index contributed by atoms with van der Waals surface area (Å²) in [6, 6.07) is 1.77. The maximum atomic E-state index is 11.9. The first kappa shape index (κ1) is 14.8. The van der Waals surface area contributed by atoms with E-state index in [2.05, 4.69) is 26.2 Å². The molecule has 1 aromatic rings. The zero-order valence-electron chi connectivity index (χ0n) is 10.8. The highest BCUT2D eigenvalue weighted by molar-refractivity contribution is 9.10. The van der Waals surface area contributed by atoms with Gasteiger partial charge in [0, 0.05) is 17.1 Å². The number of aromatic nitrogens is 1. The molecule has 104 valence electrons. The number of nitrogens with one attached hydrogen (secondary N) is 1. The third-order valence-corrected chi connectivity index (χ3v) is 4.32. The third kappa shape index (κ3) is 4.77. The Morgan fingerprint density at radius 1 is 1.42 bits per heavy atom. The molecule has 0 unspecified atom stereocenters. The molecule has 3 nitrogen and oxygen atoms in total. The zero-order valence-corrected chi connectivity index (χ0v) is 13.1. The third-order valence-electron chi connectivity index (χ3n) is 3.58. The molecule has 0 spiro atoms. The van der Waals surface area contributed by atoms with E-state index in [1.54, 1.807) is 12.3 Å². The Balaban J connectivity index is 1.81. The van der Waals surface area contributed by atoms with Gasteiger partial charge in [0.05, 0.1) is 5.69 Å². The van der Waals surface area contributed by atoms with Gasteiger partial charge < -0.3 is 5.32 Å². The number of hydrogen-bond acceptors (Lipinski definition) is 2. The van der Waals surface area contributed by atoms with E-state index in [-0.39, 0.29) is 5.91 Å². The van der Waals surface area contributed by atoms with Crippen molar-refractivity contribution in [1.82, 2.24) is 4.98 Å². The summed E-state index contributed by atoms with van der Waals surface area (Å²) in [4.78, 5) is 15.9. The van der Waals surface area contributed by atoms with Crippen molar-refractivity contribution in [3.63, 3.8) is 0 Å². The van der Waals surface area contributed by atoms with E-state index in [0.717, 1.165) is 16.8 Å². The molecule has 1 N–H and O–H groups in total. The summed E-state index contributed by atoms with van der Waals surface area (Å²) in [5, 5.41) is 3.16. The summed E-state index contributed by atoms with van der Waals surface area (Å²) in [6.07, 6.45) is 9.67. The van der Waals surface area contributed by atoms with Gasteiger partial charge >= 0.3 is 0 Å². The molecular formula is C14H18BrClN2O. The number of carbonyl (C=O) groups excluding carboxylic acids is 1. The van der Waals surface area contributed by atoms with Gasteiger partial charge in [0.1, 0.15) is 0 Å². The summed E-state index contributed by atoms with van der Waals surface area (Å²) in [7, 11) is 0. The van der Waals surface area contributed by atoms with Crippen LogP contribution >= 0.6 is 27.5 Å². The second-order valence-electron chi connectivity index (χ2n) is 5.08. The molecule has 0 saturated heterocycles. The van der Waals surface area contributed by atoms with Crippen molar-refractivity contribution in [1.29, 1.82) is 0 Å². The van der Waals surface area contributed by atoms with Crippen molar-refractivity contribution in [2.45, 2.75) is 44.9 Å². The van der Waals surface area contributed by atoms with Crippen molar-refractivity contribution in [3.8, 4) is 0 Å². The number of pyridine rings is 1. The summed E-state index contributed by atoms with van der Waals surface area (Å²) >= 11 is 9.26. The van der Waals surface area contributed by atoms with E-state index in [1.807, 2.05) is 0 Å². The average molecular weight is 346 g/mol. The molecule has 0 bridgehead atoms. The highest BCUT2D eigenvalue weighted by atomic mass is 79.9. The van der Waals surface area contributed by atoms with Crippen LogP contribution in [-0.2, 0) is 4.79 Å². The van der Waals surface area contributed by atoms with Crippen LogP contribution in [0.1, 0.15) is 44.9 Å². The molecule has 1 aliphatic carbocycles. The number of halogens is 2. The van der Waals surface area contributed by atoms with Crippen LogP contribution in [0.25, 0.3) is 0 Å². The van der Waals surface area contributed by atoms with Crippen LogP contribution in [0.15, 0.2) is 16.7 Å². The Hall–Kier alpha value is -0.610. The first-order chi connectivity index (χ1) is 9.15. The molecular weight excluding hydrogens is 328 g/mol. The molecule has 1 aromatic heterocycles. The van der Waals surface area contributed by atoms with Crippen LogP contribution in [0.5, 0.6) is 0 Å². The highest BCUT2D eigenvalue weighted by Gasteiger charge is 2.15. The van der Waals surface area contributed by atoms with E-state index in [4.69, 9.17) is 11.6 Å². The molecule has 0 aliphatic heterocycles. The first-order valence-corrected chi connectivity index (χ1v) is 7.93. The molecule has 2 rings (SSSR count). The number of anilines is 1. The Labute approximate surface area is 127 Å². The lowest BCUT2D eigenvalue weighted by molar-refractivity contribution is -0.116. The largest absolute Gasteiger partial charge is 0.323 e. The van der Waals surface area contributed by atoms with E-state index in [9.17, 15) is 4.79 Å². The van der Waals surface area contributed by atoms with Gasteiger partial charge in [-0.3, -0.25) is 4.79 Å². The molecule has 1 amide bonds. The van der Waals surface area contributed by atoms with E-state index >= 15 is 0 Å². The minimum atomic E-state index is 0.0207. The van der Waals surface area contributed by atoms with Crippen molar-refractivity contribution < 1.29 is 4.79 Å².